The summed E-state index contributed by atoms with van der Waals surface area (Å²) in [5.74, 6) is -0.133. The van der Waals surface area contributed by atoms with Gasteiger partial charge in [-0.2, -0.15) is 5.10 Å². The second kappa shape index (κ2) is 5.52. The van der Waals surface area contributed by atoms with Gasteiger partial charge in [-0.1, -0.05) is 19.3 Å². The van der Waals surface area contributed by atoms with Crippen LogP contribution in [-0.2, 0) is 7.05 Å². The normalized spacial score (nSPS) is 24.6. The minimum atomic E-state index is -0.423. The van der Waals surface area contributed by atoms with Crippen LogP contribution in [0.4, 0.5) is 0 Å². The van der Waals surface area contributed by atoms with Gasteiger partial charge in [-0.15, -0.1) is 0 Å². The lowest BCUT2D eigenvalue weighted by Gasteiger charge is -2.21. The van der Waals surface area contributed by atoms with Crippen LogP contribution in [0.5, 0.6) is 0 Å². The van der Waals surface area contributed by atoms with E-state index >= 15 is 0 Å². The zero-order valence-electron chi connectivity index (χ0n) is 11.0. The monoisotopic (exact) mass is 251 g/mol. The van der Waals surface area contributed by atoms with E-state index in [-0.39, 0.29) is 11.9 Å². The van der Waals surface area contributed by atoms with Gasteiger partial charge in [0.15, 0.2) is 0 Å². The number of aliphatic hydroxyl groups is 1. The maximum atomic E-state index is 12.1. The van der Waals surface area contributed by atoms with E-state index in [1.807, 2.05) is 14.0 Å². The summed E-state index contributed by atoms with van der Waals surface area (Å²) in [5.41, 5.74) is 1.43. The number of aromatic nitrogens is 2. The van der Waals surface area contributed by atoms with Crippen molar-refractivity contribution in [1.82, 2.24) is 15.1 Å². The van der Waals surface area contributed by atoms with Crippen LogP contribution in [0.1, 0.15) is 48.2 Å². The Kier molecular flexibility index (Phi) is 4.01. The van der Waals surface area contributed by atoms with E-state index in [9.17, 15) is 9.90 Å². The van der Waals surface area contributed by atoms with Crippen LogP contribution in [0.25, 0.3) is 0 Å². The molecule has 1 aromatic heterocycles. The molecule has 2 N–H and O–H groups in total. The maximum Gasteiger partial charge on any atom is 0.255 e. The molecule has 2 rings (SSSR count). The first-order valence-corrected chi connectivity index (χ1v) is 6.57. The van der Waals surface area contributed by atoms with Gasteiger partial charge in [0, 0.05) is 12.7 Å². The molecule has 2 unspecified atom stereocenters. The minimum absolute atomic E-state index is 0.125. The smallest absolute Gasteiger partial charge is 0.255 e. The van der Waals surface area contributed by atoms with Gasteiger partial charge in [-0.3, -0.25) is 9.48 Å². The third-order valence-electron chi connectivity index (χ3n) is 3.78. The van der Waals surface area contributed by atoms with Crippen molar-refractivity contribution in [3.8, 4) is 0 Å². The lowest BCUT2D eigenvalue weighted by atomic mass is 10.1. The van der Waals surface area contributed by atoms with Gasteiger partial charge in [0.25, 0.3) is 5.91 Å². The highest BCUT2D eigenvalue weighted by atomic mass is 16.3. The van der Waals surface area contributed by atoms with Crippen molar-refractivity contribution in [1.29, 1.82) is 0 Å². The first-order chi connectivity index (χ1) is 8.59. The third-order valence-corrected chi connectivity index (χ3v) is 3.78. The number of rotatable bonds is 2. The first kappa shape index (κ1) is 13.1. The van der Waals surface area contributed by atoms with E-state index in [0.29, 0.717) is 5.56 Å². The summed E-state index contributed by atoms with van der Waals surface area (Å²) in [6.45, 7) is 1.87. The van der Waals surface area contributed by atoms with Crippen molar-refractivity contribution in [2.24, 2.45) is 7.05 Å². The molecule has 0 spiro atoms. The molecule has 5 nitrogen and oxygen atoms in total. The summed E-state index contributed by atoms with van der Waals surface area (Å²) in [4.78, 5) is 12.1. The molecule has 1 aliphatic rings. The van der Waals surface area contributed by atoms with Crippen molar-refractivity contribution in [3.05, 3.63) is 17.5 Å². The van der Waals surface area contributed by atoms with Gasteiger partial charge in [0.2, 0.25) is 0 Å². The maximum absolute atomic E-state index is 12.1. The first-order valence-electron chi connectivity index (χ1n) is 6.57. The molecule has 0 saturated heterocycles. The Balaban J connectivity index is 2.04. The lowest BCUT2D eigenvalue weighted by Crippen LogP contribution is -2.42. The van der Waals surface area contributed by atoms with Crippen molar-refractivity contribution < 1.29 is 9.90 Å². The molecule has 1 aromatic rings. The number of aryl methyl sites for hydroxylation is 1. The van der Waals surface area contributed by atoms with Gasteiger partial charge in [0.1, 0.15) is 0 Å². The standard InChI is InChI=1S/C13H21N3O2/c1-9-10(8-14-16(9)2)13(18)15-11-6-4-3-5-7-12(11)17/h8,11-12,17H,3-7H2,1-2H3,(H,15,18). The fraction of sp³-hybridized carbons (Fsp3) is 0.692. The van der Waals surface area contributed by atoms with Gasteiger partial charge < -0.3 is 10.4 Å². The molecular formula is C13H21N3O2. The Bertz CT molecular complexity index is 428. The van der Waals surface area contributed by atoms with Gasteiger partial charge >= 0.3 is 0 Å². The summed E-state index contributed by atoms with van der Waals surface area (Å²) in [7, 11) is 1.81. The van der Waals surface area contributed by atoms with Crippen LogP contribution in [0.3, 0.4) is 0 Å². The second-order valence-corrected chi connectivity index (χ2v) is 5.05. The zero-order chi connectivity index (χ0) is 13.1. The summed E-state index contributed by atoms with van der Waals surface area (Å²) in [6, 6.07) is -0.125. The zero-order valence-corrected chi connectivity index (χ0v) is 11.0. The molecule has 18 heavy (non-hydrogen) atoms. The summed E-state index contributed by atoms with van der Waals surface area (Å²) in [6.07, 6.45) is 6.02. The van der Waals surface area contributed by atoms with E-state index in [1.165, 1.54) is 0 Å². The molecule has 0 aromatic carbocycles. The molecule has 1 saturated carbocycles. The lowest BCUT2D eigenvalue weighted by molar-refractivity contribution is 0.0818. The fourth-order valence-corrected chi connectivity index (χ4v) is 2.42. The predicted octanol–water partition coefficient (Wildman–Crippen LogP) is 1.15. The van der Waals surface area contributed by atoms with Crippen LogP contribution in [0.15, 0.2) is 6.20 Å². The van der Waals surface area contributed by atoms with Gasteiger partial charge in [-0.25, -0.2) is 0 Å². The van der Waals surface area contributed by atoms with Gasteiger partial charge in [0.05, 0.1) is 23.9 Å². The number of nitrogens with one attached hydrogen (secondary N) is 1. The quantitative estimate of drug-likeness (QED) is 0.775. The third kappa shape index (κ3) is 2.72. The Labute approximate surface area is 107 Å². The predicted molar refractivity (Wildman–Crippen MR) is 68.3 cm³/mol. The number of hydrogen-bond acceptors (Lipinski definition) is 3. The summed E-state index contributed by atoms with van der Waals surface area (Å²) in [5, 5.41) is 17.0. The SMILES string of the molecule is Cc1c(C(=O)NC2CCCCCC2O)cnn1C. The van der Waals surface area contributed by atoms with Crippen molar-refractivity contribution >= 4 is 5.91 Å². The average molecular weight is 251 g/mol. The van der Waals surface area contributed by atoms with Crippen LogP contribution in [0, 0.1) is 6.92 Å². The Morgan fingerprint density at radius 2 is 2.17 bits per heavy atom. The second-order valence-electron chi connectivity index (χ2n) is 5.05. The highest BCUT2D eigenvalue weighted by Crippen LogP contribution is 2.18. The molecule has 5 heteroatoms. The van der Waals surface area contributed by atoms with Crippen LogP contribution < -0.4 is 5.32 Å². The van der Waals surface area contributed by atoms with E-state index in [2.05, 4.69) is 10.4 Å². The van der Waals surface area contributed by atoms with E-state index in [4.69, 9.17) is 0 Å². The molecule has 1 fully saturated rings. The number of hydrogen-bond donors (Lipinski definition) is 2. The van der Waals surface area contributed by atoms with E-state index in [0.717, 1.165) is 37.8 Å². The Hall–Kier alpha value is -1.36. The van der Waals surface area contributed by atoms with Gasteiger partial charge in [-0.05, 0) is 19.8 Å². The molecule has 1 amide bonds. The molecule has 2 atom stereocenters. The topological polar surface area (TPSA) is 67.2 Å². The molecule has 1 heterocycles. The molecule has 0 radical (unpaired) electrons. The Morgan fingerprint density at radius 1 is 1.44 bits per heavy atom. The number of aliphatic hydroxyl groups excluding tert-OH is 1. The summed E-state index contributed by atoms with van der Waals surface area (Å²) >= 11 is 0. The van der Waals surface area contributed by atoms with E-state index in [1.54, 1.807) is 10.9 Å². The van der Waals surface area contributed by atoms with Crippen LogP contribution >= 0.6 is 0 Å². The molecule has 0 bridgehead atoms. The highest BCUT2D eigenvalue weighted by Gasteiger charge is 2.24. The number of amides is 1. The molecule has 100 valence electrons. The van der Waals surface area contributed by atoms with Crippen LogP contribution in [-0.4, -0.2) is 32.9 Å². The molecule has 0 aliphatic heterocycles. The van der Waals surface area contributed by atoms with Crippen molar-refractivity contribution in [2.75, 3.05) is 0 Å². The van der Waals surface area contributed by atoms with E-state index < -0.39 is 6.10 Å². The minimum Gasteiger partial charge on any atom is -0.391 e. The number of carbonyl (C=O) groups excluding carboxylic acids is 1. The largest absolute Gasteiger partial charge is 0.391 e. The molecule has 1 aliphatic carbocycles. The fourth-order valence-electron chi connectivity index (χ4n) is 2.42. The van der Waals surface area contributed by atoms with Crippen LogP contribution in [0.2, 0.25) is 0 Å². The Morgan fingerprint density at radius 3 is 2.83 bits per heavy atom. The highest BCUT2D eigenvalue weighted by molar-refractivity contribution is 5.95. The average Bonchev–Trinajstić information content (AvgIpc) is 2.55. The van der Waals surface area contributed by atoms with Crippen molar-refractivity contribution in [2.45, 2.75) is 51.2 Å². The summed E-state index contributed by atoms with van der Waals surface area (Å²) < 4.78 is 1.68. The number of carbonyl (C=O) groups is 1. The number of nitrogens with zero attached hydrogens (tertiary/aromatic N) is 2. The van der Waals surface area contributed by atoms with Crippen molar-refractivity contribution in [3.63, 3.8) is 0 Å². The molecular weight excluding hydrogens is 230 g/mol.